The highest BCUT2D eigenvalue weighted by molar-refractivity contribution is 7.19. The van der Waals surface area contributed by atoms with Gasteiger partial charge in [0, 0.05) is 5.56 Å². The maximum absolute atomic E-state index is 5.97. The van der Waals surface area contributed by atoms with Crippen molar-refractivity contribution in [2.45, 2.75) is 6.54 Å². The van der Waals surface area contributed by atoms with Gasteiger partial charge in [-0.15, -0.1) is 0 Å². The quantitative estimate of drug-likeness (QED) is 0.113. The van der Waals surface area contributed by atoms with Crippen LogP contribution >= 0.6 is 0 Å². The Morgan fingerprint density at radius 1 is 0.438 bits per heavy atom. The van der Waals surface area contributed by atoms with Crippen molar-refractivity contribution in [3.8, 4) is 5.75 Å². The monoisotopic (exact) mass is 625 g/mol. The second-order valence-corrected chi connectivity index (χ2v) is 13.2. The van der Waals surface area contributed by atoms with Gasteiger partial charge in [0.2, 0.25) is 0 Å². The molecule has 0 bridgehead atoms. The summed E-state index contributed by atoms with van der Waals surface area (Å²) in [6, 6.07) is 68.8. The zero-order valence-corrected chi connectivity index (χ0v) is 28.0. The van der Waals surface area contributed by atoms with E-state index >= 15 is 0 Å². The van der Waals surface area contributed by atoms with Crippen LogP contribution in [0.3, 0.4) is 0 Å². The predicted octanol–water partition coefficient (Wildman–Crippen LogP) is 7.56. The average Bonchev–Trinajstić information content (AvgIpc) is 3.14. The van der Waals surface area contributed by atoms with Gasteiger partial charge in [0.15, 0.2) is 0 Å². The van der Waals surface area contributed by atoms with E-state index in [-0.39, 0.29) is 0 Å². The first kappa shape index (κ1) is 32.6. The minimum absolute atomic E-state index is 0.720. The third kappa shape index (κ3) is 7.77. The Labute approximate surface area is 286 Å². The molecule has 3 heteroatoms. The van der Waals surface area contributed by atoms with E-state index in [1.54, 1.807) is 0 Å². The van der Waals surface area contributed by atoms with Crippen LogP contribution in [0.5, 0.6) is 5.75 Å². The number of likely N-dealkylation sites (N-methyl/N-ethyl adjacent to an activating group) is 1. The lowest BCUT2D eigenvalue weighted by atomic mass is 9.13. The van der Waals surface area contributed by atoms with Gasteiger partial charge in [-0.2, -0.15) is 21.9 Å². The molecule has 0 aliphatic rings. The standard InChI is InChI=1S/C24H20B.C21H24NO/c1-5-13-21(14-6-1)25(22-15-7-2-8-16-22,23-17-9-3-10-18-23)24-19-11-4-12-20-24;1-22(2,17-18-8-4-3-5-9-18)14-15-23-21-13-12-19-10-6-7-11-20(19)16-21/h1-20H;3-13,16H,14-15,17H2,1-2H3/q-1;+1. The fourth-order valence-corrected chi connectivity index (χ4v) is 6.95. The Bertz CT molecular complexity index is 1820. The molecule has 0 atom stereocenters. The molecule has 0 saturated heterocycles. The Morgan fingerprint density at radius 3 is 1.29 bits per heavy atom. The van der Waals surface area contributed by atoms with Crippen molar-refractivity contribution in [2.75, 3.05) is 27.2 Å². The van der Waals surface area contributed by atoms with E-state index in [0.717, 1.165) is 29.9 Å². The highest BCUT2D eigenvalue weighted by atomic mass is 16.5. The normalized spacial score (nSPS) is 11.4. The largest absolute Gasteiger partial charge is 0.488 e. The molecule has 0 aromatic heterocycles. The van der Waals surface area contributed by atoms with Crippen LogP contribution in [-0.2, 0) is 6.54 Å². The van der Waals surface area contributed by atoms with Crippen molar-refractivity contribution < 1.29 is 9.22 Å². The van der Waals surface area contributed by atoms with Gasteiger partial charge in [0.05, 0.1) is 14.1 Å². The van der Waals surface area contributed by atoms with Crippen LogP contribution in [0.4, 0.5) is 0 Å². The molecule has 0 unspecified atom stereocenters. The summed E-state index contributed by atoms with van der Waals surface area (Å²) in [5.74, 6) is 0.948. The molecule has 0 radical (unpaired) electrons. The Hall–Kier alpha value is -5.38. The number of fused-ring (bicyclic) bond motifs is 1. The van der Waals surface area contributed by atoms with E-state index in [0.29, 0.717) is 0 Å². The summed E-state index contributed by atoms with van der Waals surface area (Å²) in [4.78, 5) is 0. The summed E-state index contributed by atoms with van der Waals surface area (Å²) in [6.45, 7) is 2.71. The molecule has 0 fully saturated rings. The van der Waals surface area contributed by atoms with Crippen molar-refractivity contribution in [3.63, 3.8) is 0 Å². The van der Waals surface area contributed by atoms with Crippen LogP contribution in [0, 0.1) is 0 Å². The van der Waals surface area contributed by atoms with Crippen molar-refractivity contribution in [1.82, 2.24) is 0 Å². The number of nitrogens with zero attached hydrogens (tertiary/aromatic N) is 1. The van der Waals surface area contributed by atoms with E-state index in [2.05, 4.69) is 208 Å². The number of quaternary nitrogens is 1. The van der Waals surface area contributed by atoms with E-state index in [1.807, 2.05) is 0 Å². The molecule has 2 nitrogen and oxygen atoms in total. The van der Waals surface area contributed by atoms with Gasteiger partial charge >= 0.3 is 0 Å². The maximum atomic E-state index is 5.97. The van der Waals surface area contributed by atoms with Crippen LogP contribution in [-0.4, -0.2) is 37.9 Å². The first-order chi connectivity index (χ1) is 23.5. The summed E-state index contributed by atoms with van der Waals surface area (Å²) in [6.07, 6.45) is -1.22. The highest BCUT2D eigenvalue weighted by Crippen LogP contribution is 2.21. The van der Waals surface area contributed by atoms with Crippen molar-refractivity contribution >= 4 is 38.8 Å². The van der Waals surface area contributed by atoms with Gasteiger partial charge in [-0.25, -0.2) is 0 Å². The van der Waals surface area contributed by atoms with Gasteiger partial charge in [0.1, 0.15) is 31.6 Å². The summed E-state index contributed by atoms with van der Waals surface area (Å²) in [5, 5.41) is 2.48. The molecule has 0 saturated carbocycles. The first-order valence-electron chi connectivity index (χ1n) is 16.9. The van der Waals surface area contributed by atoms with Crippen molar-refractivity contribution in [3.05, 3.63) is 200 Å². The summed E-state index contributed by atoms with van der Waals surface area (Å²) < 4.78 is 6.89. The van der Waals surface area contributed by atoms with Gasteiger partial charge in [-0.1, -0.05) is 182 Å². The fraction of sp³-hybridized carbons (Fsp3) is 0.111. The van der Waals surface area contributed by atoms with Crippen LogP contribution in [0.2, 0.25) is 0 Å². The molecule has 0 amide bonds. The molecule has 238 valence electrons. The molecule has 0 aliphatic heterocycles. The van der Waals surface area contributed by atoms with E-state index in [1.165, 1.54) is 38.2 Å². The molecule has 7 rings (SSSR count). The number of rotatable bonds is 10. The second-order valence-electron chi connectivity index (χ2n) is 13.2. The Balaban J connectivity index is 0.000000168. The smallest absolute Gasteiger partial charge is 0.137 e. The number of hydrogen-bond acceptors (Lipinski definition) is 1. The van der Waals surface area contributed by atoms with Gasteiger partial charge < -0.3 is 9.22 Å². The SMILES string of the molecule is C[N+](C)(CCOc1ccc2ccccc2c1)Cc1ccccc1.c1ccc([B-](c2ccccc2)(c2ccccc2)c2ccccc2)cc1. The molecule has 7 aromatic rings. The molecule has 0 N–H and O–H groups in total. The van der Waals surface area contributed by atoms with Gasteiger partial charge in [-0.05, 0) is 22.9 Å². The highest BCUT2D eigenvalue weighted by Gasteiger charge is 2.31. The zero-order chi connectivity index (χ0) is 33.1. The lowest BCUT2D eigenvalue weighted by molar-refractivity contribution is -0.903. The third-order valence-electron chi connectivity index (χ3n) is 9.34. The molecule has 7 aromatic carbocycles. The van der Waals surface area contributed by atoms with Gasteiger partial charge in [-0.3, -0.25) is 0 Å². The predicted molar refractivity (Wildman–Crippen MR) is 207 cm³/mol. The second kappa shape index (κ2) is 15.5. The van der Waals surface area contributed by atoms with Gasteiger partial charge in [0.25, 0.3) is 0 Å². The topological polar surface area (TPSA) is 9.23 Å². The first-order valence-corrected chi connectivity index (χ1v) is 16.9. The molecule has 0 aliphatic carbocycles. The lowest BCUT2D eigenvalue weighted by Gasteiger charge is -2.44. The van der Waals surface area contributed by atoms with Crippen LogP contribution in [0.1, 0.15) is 5.56 Å². The summed E-state index contributed by atoms with van der Waals surface area (Å²) >= 11 is 0. The Morgan fingerprint density at radius 2 is 0.833 bits per heavy atom. The Kier molecular flexibility index (Phi) is 10.5. The van der Waals surface area contributed by atoms with E-state index < -0.39 is 6.15 Å². The molecule has 0 heterocycles. The maximum Gasteiger partial charge on any atom is 0.137 e. The van der Waals surface area contributed by atoms with E-state index in [4.69, 9.17) is 4.74 Å². The van der Waals surface area contributed by atoms with Crippen LogP contribution < -0.4 is 26.6 Å². The van der Waals surface area contributed by atoms with Crippen LogP contribution in [0.15, 0.2) is 194 Å². The third-order valence-corrected chi connectivity index (χ3v) is 9.34. The number of benzene rings is 7. The zero-order valence-electron chi connectivity index (χ0n) is 28.0. The molecule has 0 spiro atoms. The molecule has 48 heavy (non-hydrogen) atoms. The minimum Gasteiger partial charge on any atom is -0.488 e. The molecular weight excluding hydrogens is 581 g/mol. The van der Waals surface area contributed by atoms with E-state index in [9.17, 15) is 0 Å². The minimum atomic E-state index is -1.22. The summed E-state index contributed by atoms with van der Waals surface area (Å²) in [5.41, 5.74) is 6.72. The number of ether oxygens (including phenoxy) is 1. The van der Waals surface area contributed by atoms with Crippen molar-refractivity contribution in [2.24, 2.45) is 0 Å². The lowest BCUT2D eigenvalue weighted by Crippen LogP contribution is -2.74. The summed E-state index contributed by atoms with van der Waals surface area (Å²) in [7, 11) is 4.49. The number of hydrogen-bond donors (Lipinski definition) is 0. The van der Waals surface area contributed by atoms with Crippen molar-refractivity contribution in [1.29, 1.82) is 0 Å². The van der Waals surface area contributed by atoms with Crippen LogP contribution in [0.25, 0.3) is 10.8 Å². The average molecular weight is 626 g/mol. The molecular formula is C45H44BNO. The fourth-order valence-electron chi connectivity index (χ4n) is 6.95.